The summed E-state index contributed by atoms with van der Waals surface area (Å²) in [5, 5.41) is 7.89. The van der Waals surface area contributed by atoms with Crippen LogP contribution >= 0.6 is 0 Å². The van der Waals surface area contributed by atoms with Crippen molar-refractivity contribution in [3.05, 3.63) is 35.9 Å². The fourth-order valence-corrected chi connectivity index (χ4v) is 0.972. The molecule has 1 aromatic rings. The van der Waals surface area contributed by atoms with E-state index in [1.807, 2.05) is 19.1 Å². The fraction of sp³-hybridized carbons (Fsp3) is 0.286. The summed E-state index contributed by atoms with van der Waals surface area (Å²) in [6, 6.07) is 5.36. The number of aryl methyl sites for hydroxylation is 1. The highest BCUT2D eigenvalue weighted by molar-refractivity contribution is 5.84. The Hall–Kier alpha value is -2.30. The van der Waals surface area contributed by atoms with Crippen LogP contribution in [0.25, 0.3) is 0 Å². The van der Waals surface area contributed by atoms with Crippen molar-refractivity contribution in [1.29, 1.82) is 0 Å². The molecule has 1 aromatic carbocycles. The first-order chi connectivity index (χ1) is 8.77. The molecule has 1 N–H and O–H groups in total. The lowest BCUT2D eigenvalue weighted by Crippen LogP contribution is -2.02. The van der Waals surface area contributed by atoms with Gasteiger partial charge in [0.05, 0.1) is 7.11 Å². The summed E-state index contributed by atoms with van der Waals surface area (Å²) >= 11 is 0. The van der Waals surface area contributed by atoms with Gasteiger partial charge in [-0.1, -0.05) is 12.6 Å². The van der Waals surface area contributed by atoms with Gasteiger partial charge in [-0.15, -0.1) is 0 Å². The average molecular weight is 266 g/mol. The van der Waals surface area contributed by atoms with Gasteiger partial charge >= 0.3 is 11.9 Å². The number of ether oxygens (including phenoxy) is 2. The molecule has 0 aromatic heterocycles. The van der Waals surface area contributed by atoms with Gasteiger partial charge in [0.2, 0.25) is 0 Å². The minimum atomic E-state index is -0.935. The Morgan fingerprint density at radius 1 is 1.26 bits per heavy atom. The highest BCUT2D eigenvalue weighted by Crippen LogP contribution is 2.23. The first kappa shape index (κ1) is 16.7. The number of rotatable bonds is 3. The van der Waals surface area contributed by atoms with Crippen LogP contribution in [0.15, 0.2) is 30.4 Å². The molecular weight excluding hydrogens is 248 g/mol. The molecular formula is C14H18O5. The molecule has 0 saturated carbocycles. The van der Waals surface area contributed by atoms with Crippen LogP contribution in [-0.2, 0) is 9.59 Å². The normalized spacial score (nSPS) is 8.84. The largest absolute Gasteiger partial charge is 0.497 e. The third-order valence-corrected chi connectivity index (χ3v) is 2.01. The van der Waals surface area contributed by atoms with E-state index < -0.39 is 5.97 Å². The second-order valence-electron chi connectivity index (χ2n) is 3.81. The first-order valence-corrected chi connectivity index (χ1v) is 5.49. The number of carboxylic acid groups (broad SMARTS) is 1. The van der Waals surface area contributed by atoms with Crippen LogP contribution in [-0.4, -0.2) is 24.2 Å². The molecule has 0 radical (unpaired) electrons. The zero-order chi connectivity index (χ0) is 15.0. The van der Waals surface area contributed by atoms with Gasteiger partial charge in [-0.05, 0) is 25.5 Å². The molecule has 5 heteroatoms. The molecule has 0 amide bonds. The van der Waals surface area contributed by atoms with Gasteiger partial charge in [0.25, 0.3) is 0 Å². The van der Waals surface area contributed by atoms with Crippen molar-refractivity contribution in [2.45, 2.75) is 20.8 Å². The Morgan fingerprint density at radius 2 is 1.79 bits per heavy atom. The zero-order valence-corrected chi connectivity index (χ0v) is 11.5. The summed E-state index contributed by atoms with van der Waals surface area (Å²) in [6.07, 6.45) is 0. The predicted octanol–water partition coefficient (Wildman–Crippen LogP) is 2.58. The van der Waals surface area contributed by atoms with Crippen LogP contribution in [0.3, 0.4) is 0 Å². The number of hydrogen-bond donors (Lipinski definition) is 1. The van der Waals surface area contributed by atoms with E-state index in [-0.39, 0.29) is 11.5 Å². The number of aliphatic carboxylic acids is 1. The number of hydrogen-bond acceptors (Lipinski definition) is 4. The van der Waals surface area contributed by atoms with Gasteiger partial charge in [0, 0.05) is 18.6 Å². The lowest BCUT2D eigenvalue weighted by atomic mass is 10.2. The molecule has 0 aliphatic heterocycles. The molecule has 1 rings (SSSR count). The van der Waals surface area contributed by atoms with Crippen molar-refractivity contribution in [2.24, 2.45) is 0 Å². The van der Waals surface area contributed by atoms with Crippen molar-refractivity contribution in [2.75, 3.05) is 7.11 Å². The summed E-state index contributed by atoms with van der Waals surface area (Å²) in [5.74, 6) is -0.0277. The second kappa shape index (κ2) is 7.92. The maximum atomic E-state index is 10.7. The maximum Gasteiger partial charge on any atom is 0.330 e. The number of esters is 1. The topological polar surface area (TPSA) is 72.8 Å². The number of carbonyl (C=O) groups excluding carboxylic acids is 1. The maximum absolute atomic E-state index is 10.7. The molecule has 0 saturated heterocycles. The predicted molar refractivity (Wildman–Crippen MR) is 71.5 cm³/mol. The van der Waals surface area contributed by atoms with E-state index in [1.165, 1.54) is 13.8 Å². The van der Waals surface area contributed by atoms with Crippen molar-refractivity contribution in [1.82, 2.24) is 0 Å². The van der Waals surface area contributed by atoms with Gasteiger partial charge in [-0.25, -0.2) is 4.79 Å². The van der Waals surface area contributed by atoms with Crippen LogP contribution in [0.1, 0.15) is 19.4 Å². The summed E-state index contributed by atoms with van der Waals surface area (Å²) < 4.78 is 9.97. The molecule has 0 bridgehead atoms. The summed E-state index contributed by atoms with van der Waals surface area (Å²) in [7, 11) is 1.57. The fourth-order valence-electron chi connectivity index (χ4n) is 0.972. The highest BCUT2D eigenvalue weighted by Gasteiger charge is 2.03. The van der Waals surface area contributed by atoms with Crippen molar-refractivity contribution in [3.63, 3.8) is 0 Å². The quantitative estimate of drug-likeness (QED) is 0.517. The molecule has 5 nitrogen and oxygen atoms in total. The Morgan fingerprint density at radius 3 is 2.16 bits per heavy atom. The molecule has 0 spiro atoms. The number of methoxy groups -OCH3 is 1. The lowest BCUT2D eigenvalue weighted by Gasteiger charge is -2.06. The number of benzene rings is 1. The second-order valence-corrected chi connectivity index (χ2v) is 3.81. The number of carboxylic acids is 1. The molecule has 0 unspecified atom stereocenters. The molecule has 19 heavy (non-hydrogen) atoms. The van der Waals surface area contributed by atoms with E-state index >= 15 is 0 Å². The zero-order valence-electron chi connectivity index (χ0n) is 11.5. The van der Waals surface area contributed by atoms with Crippen LogP contribution < -0.4 is 9.47 Å². The summed E-state index contributed by atoms with van der Waals surface area (Å²) in [6.45, 7) is 7.85. The molecule has 0 aliphatic rings. The average Bonchev–Trinajstić information content (AvgIpc) is 2.32. The molecule has 104 valence electrons. The third-order valence-electron chi connectivity index (χ3n) is 2.01. The molecule has 0 heterocycles. The monoisotopic (exact) mass is 266 g/mol. The molecule has 0 aliphatic carbocycles. The molecule has 0 fully saturated rings. The van der Waals surface area contributed by atoms with Crippen molar-refractivity contribution >= 4 is 11.9 Å². The number of carbonyl (C=O) groups is 2. The highest BCUT2D eigenvalue weighted by atomic mass is 16.5. The Balaban J connectivity index is 0.000000459. The van der Waals surface area contributed by atoms with Gasteiger partial charge in [-0.3, -0.25) is 4.79 Å². The minimum absolute atomic E-state index is 0.176. The van der Waals surface area contributed by atoms with E-state index in [0.29, 0.717) is 11.5 Å². The van der Waals surface area contributed by atoms with E-state index in [0.717, 1.165) is 5.56 Å². The van der Waals surface area contributed by atoms with Gasteiger partial charge in [-0.2, -0.15) is 0 Å². The van der Waals surface area contributed by atoms with Crippen LogP contribution in [0, 0.1) is 6.92 Å². The summed E-state index contributed by atoms with van der Waals surface area (Å²) in [4.78, 5) is 20.3. The van der Waals surface area contributed by atoms with Crippen molar-refractivity contribution < 1.29 is 24.2 Å². The summed E-state index contributed by atoms with van der Waals surface area (Å²) in [5.41, 5.74) is 1.09. The van der Waals surface area contributed by atoms with Crippen LogP contribution in [0.5, 0.6) is 11.5 Å². The van der Waals surface area contributed by atoms with Gasteiger partial charge < -0.3 is 14.6 Å². The first-order valence-electron chi connectivity index (χ1n) is 5.49. The van der Waals surface area contributed by atoms with E-state index in [4.69, 9.17) is 14.6 Å². The van der Waals surface area contributed by atoms with E-state index in [9.17, 15) is 9.59 Å². The van der Waals surface area contributed by atoms with Gasteiger partial charge in [0.15, 0.2) is 0 Å². The van der Waals surface area contributed by atoms with E-state index in [1.54, 1.807) is 13.2 Å². The van der Waals surface area contributed by atoms with E-state index in [2.05, 4.69) is 6.58 Å². The Kier molecular flexibility index (Phi) is 6.96. The van der Waals surface area contributed by atoms with Crippen molar-refractivity contribution in [3.8, 4) is 11.5 Å². The Bertz CT molecular complexity index is 465. The van der Waals surface area contributed by atoms with Crippen LogP contribution in [0.4, 0.5) is 0 Å². The lowest BCUT2D eigenvalue weighted by molar-refractivity contribution is -0.133. The smallest absolute Gasteiger partial charge is 0.330 e. The van der Waals surface area contributed by atoms with Gasteiger partial charge in [0.1, 0.15) is 11.5 Å². The SMILES string of the molecule is C=C(C)C(=O)O.COc1ccc(C)c(OC(C)=O)c1. The molecule has 0 atom stereocenters. The Labute approximate surface area is 112 Å². The third kappa shape index (κ3) is 6.88. The van der Waals surface area contributed by atoms with Crippen LogP contribution in [0.2, 0.25) is 0 Å². The standard InChI is InChI=1S/C10H12O3.C4H6O2/c1-7-4-5-9(12-3)6-10(7)13-8(2)11;1-3(2)4(5)6/h4-6H,1-3H3;1H2,2H3,(H,5,6). The minimum Gasteiger partial charge on any atom is -0.497 e.